The Labute approximate surface area is 157 Å². The highest BCUT2D eigenvalue weighted by molar-refractivity contribution is 6.11. The van der Waals surface area contributed by atoms with Crippen LogP contribution in [0.25, 0.3) is 0 Å². The summed E-state index contributed by atoms with van der Waals surface area (Å²) >= 11 is 0. The van der Waals surface area contributed by atoms with Crippen LogP contribution >= 0.6 is 0 Å². The molecule has 26 heavy (non-hydrogen) atoms. The van der Waals surface area contributed by atoms with Gasteiger partial charge in [-0.3, -0.25) is 4.79 Å². The Hall–Kier alpha value is -1.89. The minimum absolute atomic E-state index is 0.208. The molecule has 1 heteroatoms. The van der Waals surface area contributed by atoms with Crippen molar-refractivity contribution >= 4 is 5.78 Å². The van der Waals surface area contributed by atoms with E-state index in [1.165, 1.54) is 73.6 Å². The van der Waals surface area contributed by atoms with Crippen LogP contribution in [0.3, 0.4) is 0 Å². The maximum absolute atomic E-state index is 13.4. The van der Waals surface area contributed by atoms with Crippen molar-refractivity contribution in [2.75, 3.05) is 0 Å². The molecule has 2 aliphatic rings. The highest BCUT2D eigenvalue weighted by Crippen LogP contribution is 2.38. The second-order valence-corrected chi connectivity index (χ2v) is 8.33. The van der Waals surface area contributed by atoms with E-state index in [0.717, 1.165) is 11.1 Å². The average Bonchev–Trinajstić information content (AvgIpc) is 3.35. The van der Waals surface area contributed by atoms with Crippen LogP contribution < -0.4 is 0 Å². The normalized spacial score (nSPS) is 18.5. The van der Waals surface area contributed by atoms with E-state index in [0.29, 0.717) is 11.8 Å². The number of hydrogen-bond acceptors (Lipinski definition) is 1. The summed E-state index contributed by atoms with van der Waals surface area (Å²) in [7, 11) is 0. The van der Waals surface area contributed by atoms with Gasteiger partial charge >= 0.3 is 0 Å². The van der Waals surface area contributed by atoms with Gasteiger partial charge in [-0.25, -0.2) is 0 Å². The molecule has 2 saturated carbocycles. The fourth-order valence-corrected chi connectivity index (χ4v) is 5.30. The Kier molecular flexibility index (Phi) is 4.98. The largest absolute Gasteiger partial charge is 0.289 e. The van der Waals surface area contributed by atoms with Crippen molar-refractivity contribution in [1.82, 2.24) is 0 Å². The van der Waals surface area contributed by atoms with E-state index in [1.807, 2.05) is 12.1 Å². The first-order chi connectivity index (χ1) is 12.7. The Bertz CT molecular complexity index is 737. The van der Waals surface area contributed by atoms with Crippen LogP contribution in [0.2, 0.25) is 0 Å². The second-order valence-electron chi connectivity index (χ2n) is 8.33. The molecule has 2 aliphatic carbocycles. The fourth-order valence-electron chi connectivity index (χ4n) is 5.30. The van der Waals surface area contributed by atoms with Crippen molar-refractivity contribution < 1.29 is 4.79 Å². The lowest BCUT2D eigenvalue weighted by Crippen LogP contribution is -2.10. The molecular formula is C25H30O. The summed E-state index contributed by atoms with van der Waals surface area (Å²) in [5, 5.41) is 0. The second kappa shape index (κ2) is 7.39. The summed E-state index contributed by atoms with van der Waals surface area (Å²) in [5.41, 5.74) is 7.02. The third-order valence-corrected chi connectivity index (χ3v) is 6.83. The first-order valence-corrected chi connectivity index (χ1v) is 10.4. The molecule has 0 bridgehead atoms. The van der Waals surface area contributed by atoms with Crippen molar-refractivity contribution in [3.8, 4) is 0 Å². The van der Waals surface area contributed by atoms with Gasteiger partial charge in [-0.1, -0.05) is 62.1 Å². The van der Waals surface area contributed by atoms with Crippen LogP contribution in [0.15, 0.2) is 36.4 Å². The molecule has 0 atom stereocenters. The molecule has 0 saturated heterocycles. The minimum atomic E-state index is 0.208. The number of hydrogen-bond donors (Lipinski definition) is 0. The summed E-state index contributed by atoms with van der Waals surface area (Å²) in [4.78, 5) is 13.4. The zero-order valence-corrected chi connectivity index (χ0v) is 16.2. The van der Waals surface area contributed by atoms with Crippen LogP contribution in [0, 0.1) is 13.8 Å². The predicted octanol–water partition coefficient (Wildman–Crippen LogP) is 6.85. The van der Waals surface area contributed by atoms with Crippen molar-refractivity contribution in [1.29, 1.82) is 0 Å². The van der Waals surface area contributed by atoms with Crippen LogP contribution in [0.5, 0.6) is 0 Å². The van der Waals surface area contributed by atoms with E-state index in [4.69, 9.17) is 0 Å². The van der Waals surface area contributed by atoms with Gasteiger partial charge in [0, 0.05) is 11.1 Å². The zero-order chi connectivity index (χ0) is 18.1. The van der Waals surface area contributed by atoms with E-state index >= 15 is 0 Å². The molecule has 0 N–H and O–H groups in total. The maximum Gasteiger partial charge on any atom is 0.193 e. The fraction of sp³-hybridized carbons (Fsp3) is 0.480. The SMILES string of the molecule is Cc1c(C(=O)c2cccc(C3CCCC3)c2C)cccc1C1CCCC1. The molecule has 0 aromatic heterocycles. The summed E-state index contributed by atoms with van der Waals surface area (Å²) in [6.45, 7) is 4.30. The lowest BCUT2D eigenvalue weighted by atomic mass is 9.85. The summed E-state index contributed by atoms with van der Waals surface area (Å²) < 4.78 is 0. The lowest BCUT2D eigenvalue weighted by molar-refractivity contribution is 0.103. The molecule has 2 aromatic carbocycles. The molecule has 1 nitrogen and oxygen atoms in total. The zero-order valence-electron chi connectivity index (χ0n) is 16.2. The third kappa shape index (κ3) is 3.13. The van der Waals surface area contributed by atoms with E-state index in [2.05, 4.69) is 38.1 Å². The standard InChI is InChI=1S/C25H30O/c1-17-21(19-9-3-4-10-19)13-7-15-23(17)25(26)24-16-8-14-22(18(24)2)20-11-5-6-12-20/h7-8,13-16,19-20H,3-6,9-12H2,1-2H3. The molecule has 0 heterocycles. The monoisotopic (exact) mass is 346 g/mol. The molecule has 0 spiro atoms. The summed E-state index contributed by atoms with van der Waals surface area (Å²) in [5.74, 6) is 1.50. The third-order valence-electron chi connectivity index (χ3n) is 6.83. The Morgan fingerprint density at radius 1 is 0.692 bits per heavy atom. The van der Waals surface area contributed by atoms with Crippen molar-refractivity contribution in [3.63, 3.8) is 0 Å². The first kappa shape index (κ1) is 17.5. The Morgan fingerprint density at radius 3 is 1.46 bits per heavy atom. The Morgan fingerprint density at radius 2 is 1.08 bits per heavy atom. The van der Waals surface area contributed by atoms with Gasteiger partial charge in [0.05, 0.1) is 0 Å². The summed E-state index contributed by atoms with van der Waals surface area (Å²) in [6.07, 6.45) is 10.4. The number of benzene rings is 2. The van der Waals surface area contributed by atoms with Gasteiger partial charge in [0.15, 0.2) is 5.78 Å². The van der Waals surface area contributed by atoms with Crippen LogP contribution in [-0.4, -0.2) is 5.78 Å². The predicted molar refractivity (Wildman–Crippen MR) is 108 cm³/mol. The van der Waals surface area contributed by atoms with Crippen molar-refractivity contribution in [3.05, 3.63) is 69.8 Å². The molecule has 2 fully saturated rings. The number of carbonyl (C=O) groups is 1. The van der Waals surface area contributed by atoms with Gasteiger partial charge in [-0.2, -0.15) is 0 Å². The van der Waals surface area contributed by atoms with Crippen molar-refractivity contribution in [2.24, 2.45) is 0 Å². The molecule has 0 unspecified atom stereocenters. The molecule has 136 valence electrons. The molecule has 2 aromatic rings. The Balaban J connectivity index is 1.70. The molecular weight excluding hydrogens is 316 g/mol. The number of ketones is 1. The van der Waals surface area contributed by atoms with Gasteiger partial charge in [-0.15, -0.1) is 0 Å². The van der Waals surface area contributed by atoms with Crippen LogP contribution in [0.4, 0.5) is 0 Å². The number of rotatable bonds is 4. The van der Waals surface area contributed by atoms with Gasteiger partial charge in [0.2, 0.25) is 0 Å². The first-order valence-electron chi connectivity index (χ1n) is 10.4. The van der Waals surface area contributed by atoms with E-state index in [-0.39, 0.29) is 5.78 Å². The van der Waals surface area contributed by atoms with E-state index < -0.39 is 0 Å². The summed E-state index contributed by atoms with van der Waals surface area (Å²) in [6, 6.07) is 12.7. The molecule has 0 amide bonds. The number of carbonyl (C=O) groups excluding carboxylic acids is 1. The lowest BCUT2D eigenvalue weighted by Gasteiger charge is -2.18. The average molecular weight is 347 g/mol. The molecule has 0 aliphatic heterocycles. The van der Waals surface area contributed by atoms with E-state index in [9.17, 15) is 4.79 Å². The minimum Gasteiger partial charge on any atom is -0.289 e. The van der Waals surface area contributed by atoms with Crippen molar-refractivity contribution in [2.45, 2.75) is 77.0 Å². The van der Waals surface area contributed by atoms with Gasteiger partial charge in [0.1, 0.15) is 0 Å². The van der Waals surface area contributed by atoms with Crippen LogP contribution in [0.1, 0.15) is 101 Å². The molecule has 0 radical (unpaired) electrons. The maximum atomic E-state index is 13.4. The van der Waals surface area contributed by atoms with Crippen LogP contribution in [-0.2, 0) is 0 Å². The van der Waals surface area contributed by atoms with E-state index in [1.54, 1.807) is 0 Å². The topological polar surface area (TPSA) is 17.1 Å². The molecule has 4 rings (SSSR count). The van der Waals surface area contributed by atoms with Gasteiger partial charge in [0.25, 0.3) is 0 Å². The van der Waals surface area contributed by atoms with Gasteiger partial charge in [-0.05, 0) is 73.6 Å². The smallest absolute Gasteiger partial charge is 0.193 e. The highest BCUT2D eigenvalue weighted by atomic mass is 16.1. The highest BCUT2D eigenvalue weighted by Gasteiger charge is 2.24. The van der Waals surface area contributed by atoms with Gasteiger partial charge < -0.3 is 0 Å². The quantitative estimate of drug-likeness (QED) is 0.553.